The highest BCUT2D eigenvalue weighted by Crippen LogP contribution is 2.31. The predicted octanol–water partition coefficient (Wildman–Crippen LogP) is 4.06. The molecule has 0 saturated heterocycles. The minimum absolute atomic E-state index is 0.197. The van der Waals surface area contributed by atoms with Crippen LogP contribution in [-0.4, -0.2) is 14.1 Å². The molecule has 0 N–H and O–H groups in total. The van der Waals surface area contributed by atoms with E-state index in [9.17, 15) is 0 Å². The highest BCUT2D eigenvalue weighted by Gasteiger charge is 2.14. The van der Waals surface area contributed by atoms with Gasteiger partial charge in [-0.15, -0.1) is 0 Å². The zero-order chi connectivity index (χ0) is 13.5. The number of hydrogen-bond donors (Lipinski definition) is 0. The number of imidazole rings is 1. The molecule has 2 heterocycles. The second-order valence-corrected chi connectivity index (χ2v) is 5.05. The van der Waals surface area contributed by atoms with E-state index in [2.05, 4.69) is 69.6 Å². The lowest BCUT2D eigenvalue weighted by Crippen LogP contribution is -2.12. The molecule has 2 aromatic heterocycles. The number of benzene rings is 2. The van der Waals surface area contributed by atoms with Gasteiger partial charge in [-0.3, -0.25) is 0 Å². The minimum Gasteiger partial charge on any atom is -0.319 e. The molecule has 2 aromatic carbocycles. The molecule has 0 aliphatic rings. The predicted molar refractivity (Wildman–Crippen MR) is 81.8 cm³/mol. The van der Waals surface area contributed by atoms with E-state index >= 15 is 0 Å². The second kappa shape index (κ2) is 4.23. The van der Waals surface area contributed by atoms with Crippen LogP contribution in [0, 0.1) is 0 Å². The molecule has 4 aromatic rings. The number of fused-ring (bicyclic) bond motifs is 3. The van der Waals surface area contributed by atoms with Crippen molar-refractivity contribution in [3.05, 3.63) is 67.3 Å². The van der Waals surface area contributed by atoms with E-state index in [0.29, 0.717) is 0 Å². The molecular weight excluding hydrogens is 246 g/mol. The van der Waals surface area contributed by atoms with E-state index < -0.39 is 0 Å². The van der Waals surface area contributed by atoms with Gasteiger partial charge in [0.25, 0.3) is 0 Å². The van der Waals surface area contributed by atoms with Crippen LogP contribution in [-0.2, 0) is 0 Å². The van der Waals surface area contributed by atoms with Gasteiger partial charge < -0.3 is 9.13 Å². The maximum Gasteiger partial charge on any atom is 0.109 e. The van der Waals surface area contributed by atoms with Crippen molar-refractivity contribution in [2.75, 3.05) is 0 Å². The van der Waals surface area contributed by atoms with Gasteiger partial charge in [-0.1, -0.05) is 36.4 Å². The quantitative estimate of drug-likeness (QED) is 0.533. The summed E-state index contributed by atoms with van der Waals surface area (Å²) in [6.07, 6.45) is 5.90. The summed E-state index contributed by atoms with van der Waals surface area (Å²) in [5.41, 5.74) is 2.52. The third-order valence-electron chi connectivity index (χ3n) is 3.95. The fraction of sp³-hybridized carbons (Fsp3) is 0.118. The molecule has 0 spiro atoms. The monoisotopic (exact) mass is 261 g/mol. The normalized spacial score (nSPS) is 13.1. The van der Waals surface area contributed by atoms with Crippen LogP contribution < -0.4 is 0 Å². The summed E-state index contributed by atoms with van der Waals surface area (Å²) >= 11 is 0. The Balaban J connectivity index is 2.10. The van der Waals surface area contributed by atoms with Crippen LogP contribution in [0.2, 0.25) is 0 Å². The molecule has 20 heavy (non-hydrogen) atoms. The number of aromatic nitrogens is 3. The van der Waals surface area contributed by atoms with Crippen molar-refractivity contribution in [3.8, 4) is 0 Å². The highest BCUT2D eigenvalue weighted by atomic mass is 15.2. The molecule has 98 valence electrons. The number of hydrogen-bond acceptors (Lipinski definition) is 1. The maximum absolute atomic E-state index is 4.16. The van der Waals surface area contributed by atoms with Crippen molar-refractivity contribution < 1.29 is 0 Å². The van der Waals surface area contributed by atoms with Gasteiger partial charge in [0.2, 0.25) is 0 Å². The van der Waals surface area contributed by atoms with Gasteiger partial charge in [-0.05, 0) is 19.1 Å². The van der Waals surface area contributed by atoms with E-state index in [4.69, 9.17) is 0 Å². The summed E-state index contributed by atoms with van der Waals surface area (Å²) in [6, 6.07) is 17.1. The largest absolute Gasteiger partial charge is 0.319 e. The summed E-state index contributed by atoms with van der Waals surface area (Å²) in [5, 5.41) is 2.60. The Kier molecular flexibility index (Phi) is 2.39. The Hall–Kier alpha value is -2.55. The lowest BCUT2D eigenvalue weighted by Gasteiger charge is -2.18. The van der Waals surface area contributed by atoms with Gasteiger partial charge in [-0.2, -0.15) is 0 Å². The summed E-state index contributed by atoms with van der Waals surface area (Å²) < 4.78 is 4.49. The number of para-hydroxylation sites is 2. The molecule has 0 amide bonds. The minimum atomic E-state index is 0.197. The van der Waals surface area contributed by atoms with Crippen molar-refractivity contribution in [3.63, 3.8) is 0 Å². The van der Waals surface area contributed by atoms with Crippen LogP contribution in [0.25, 0.3) is 21.8 Å². The first-order valence-electron chi connectivity index (χ1n) is 6.81. The topological polar surface area (TPSA) is 22.8 Å². The van der Waals surface area contributed by atoms with E-state index in [1.54, 1.807) is 0 Å². The summed E-state index contributed by atoms with van der Waals surface area (Å²) in [5.74, 6) is 0. The lowest BCUT2D eigenvalue weighted by molar-refractivity contribution is 0.495. The van der Waals surface area contributed by atoms with Crippen LogP contribution >= 0.6 is 0 Å². The van der Waals surface area contributed by atoms with E-state index in [1.165, 1.54) is 21.8 Å². The average molecular weight is 261 g/mol. The molecular formula is C17H15N3. The fourth-order valence-electron chi connectivity index (χ4n) is 2.98. The molecule has 0 saturated carbocycles. The Labute approximate surface area is 117 Å². The van der Waals surface area contributed by atoms with Gasteiger partial charge in [0.1, 0.15) is 6.17 Å². The zero-order valence-corrected chi connectivity index (χ0v) is 11.3. The Morgan fingerprint density at radius 1 is 0.900 bits per heavy atom. The van der Waals surface area contributed by atoms with Gasteiger partial charge in [0.05, 0.1) is 17.4 Å². The van der Waals surface area contributed by atoms with Gasteiger partial charge in [0, 0.05) is 23.2 Å². The molecule has 4 rings (SSSR count). The van der Waals surface area contributed by atoms with Crippen molar-refractivity contribution >= 4 is 21.8 Å². The first-order valence-corrected chi connectivity index (χ1v) is 6.81. The summed E-state index contributed by atoms with van der Waals surface area (Å²) in [7, 11) is 0. The van der Waals surface area contributed by atoms with Crippen LogP contribution in [0.1, 0.15) is 13.1 Å². The van der Waals surface area contributed by atoms with Crippen molar-refractivity contribution in [2.45, 2.75) is 13.1 Å². The fourth-order valence-corrected chi connectivity index (χ4v) is 2.98. The lowest BCUT2D eigenvalue weighted by atomic mass is 10.2. The van der Waals surface area contributed by atoms with Crippen molar-refractivity contribution in [2.24, 2.45) is 0 Å². The van der Waals surface area contributed by atoms with E-state index in [1.807, 2.05) is 18.7 Å². The maximum atomic E-state index is 4.16. The van der Waals surface area contributed by atoms with Crippen LogP contribution in [0.4, 0.5) is 0 Å². The van der Waals surface area contributed by atoms with E-state index in [-0.39, 0.29) is 6.17 Å². The number of nitrogens with zero attached hydrogens (tertiary/aromatic N) is 3. The Morgan fingerprint density at radius 2 is 1.50 bits per heavy atom. The molecule has 0 fully saturated rings. The van der Waals surface area contributed by atoms with Gasteiger partial charge in [-0.25, -0.2) is 4.98 Å². The second-order valence-electron chi connectivity index (χ2n) is 5.05. The van der Waals surface area contributed by atoms with Crippen LogP contribution in [0.3, 0.4) is 0 Å². The SMILES string of the molecule is CC(n1ccnc1)n1c2ccccc2c2ccccc21. The van der Waals surface area contributed by atoms with Crippen LogP contribution in [0.15, 0.2) is 67.3 Å². The Bertz CT molecular complexity index is 818. The summed E-state index contributed by atoms with van der Waals surface area (Å²) in [6.45, 7) is 2.19. The summed E-state index contributed by atoms with van der Waals surface area (Å²) in [4.78, 5) is 4.16. The molecule has 3 nitrogen and oxygen atoms in total. The molecule has 0 aliphatic heterocycles. The third kappa shape index (κ3) is 1.50. The molecule has 3 heteroatoms. The highest BCUT2D eigenvalue weighted by molar-refractivity contribution is 6.08. The molecule has 1 atom stereocenters. The smallest absolute Gasteiger partial charge is 0.109 e. The zero-order valence-electron chi connectivity index (χ0n) is 11.3. The van der Waals surface area contributed by atoms with E-state index in [0.717, 1.165) is 0 Å². The molecule has 0 aliphatic carbocycles. The first-order chi connectivity index (χ1) is 9.86. The van der Waals surface area contributed by atoms with Gasteiger partial charge in [0.15, 0.2) is 0 Å². The third-order valence-corrected chi connectivity index (χ3v) is 3.95. The molecule has 0 radical (unpaired) electrons. The molecule has 1 unspecified atom stereocenters. The van der Waals surface area contributed by atoms with Crippen molar-refractivity contribution in [1.82, 2.24) is 14.1 Å². The van der Waals surface area contributed by atoms with Gasteiger partial charge >= 0.3 is 0 Å². The van der Waals surface area contributed by atoms with Crippen molar-refractivity contribution in [1.29, 1.82) is 0 Å². The molecule has 0 bridgehead atoms. The number of rotatable bonds is 2. The van der Waals surface area contributed by atoms with Crippen LogP contribution in [0.5, 0.6) is 0 Å². The average Bonchev–Trinajstić information content (AvgIpc) is 3.13. The Morgan fingerprint density at radius 3 is 2.05 bits per heavy atom. The first kappa shape index (κ1) is 11.3. The standard InChI is InChI=1S/C17H15N3/c1-13(19-11-10-18-12-19)20-16-8-4-2-6-14(16)15-7-3-5-9-17(15)20/h2-13H,1H3.